The van der Waals surface area contributed by atoms with Crippen LogP contribution in [0.25, 0.3) is 5.52 Å². The fourth-order valence-electron chi connectivity index (χ4n) is 1.90. The standard InChI is InChI=1S/C14H15N5O/c15-6-10-20-12-3-1-11(2-4-12)18-14-13-5-7-17-19(13)9-8-16-14/h1-5,7-9H,6,10,15H2,(H,16,18). The monoisotopic (exact) mass is 269 g/mol. The number of nitrogens with one attached hydrogen (secondary N) is 1. The maximum absolute atomic E-state index is 5.44. The molecule has 3 aromatic rings. The van der Waals surface area contributed by atoms with Gasteiger partial charge in [0, 0.05) is 24.6 Å². The summed E-state index contributed by atoms with van der Waals surface area (Å²) >= 11 is 0. The molecule has 0 bridgehead atoms. The molecule has 0 saturated heterocycles. The predicted octanol–water partition coefficient (Wildman–Crippen LogP) is 1.81. The number of rotatable bonds is 5. The summed E-state index contributed by atoms with van der Waals surface area (Å²) in [6.45, 7) is 1.02. The molecule has 6 heteroatoms. The highest BCUT2D eigenvalue weighted by atomic mass is 16.5. The molecular weight excluding hydrogens is 254 g/mol. The van der Waals surface area contributed by atoms with Crippen molar-refractivity contribution in [3.63, 3.8) is 0 Å². The minimum atomic E-state index is 0.507. The van der Waals surface area contributed by atoms with Gasteiger partial charge >= 0.3 is 0 Å². The first-order valence-corrected chi connectivity index (χ1v) is 6.35. The average molecular weight is 269 g/mol. The molecule has 0 unspecified atom stereocenters. The molecule has 3 rings (SSSR count). The Morgan fingerprint density at radius 1 is 1.15 bits per heavy atom. The summed E-state index contributed by atoms with van der Waals surface area (Å²) in [6, 6.07) is 9.58. The lowest BCUT2D eigenvalue weighted by Gasteiger charge is -2.08. The van der Waals surface area contributed by atoms with Crippen LogP contribution in [0, 0.1) is 0 Å². The molecule has 0 spiro atoms. The van der Waals surface area contributed by atoms with E-state index in [0.717, 1.165) is 22.8 Å². The van der Waals surface area contributed by atoms with Crippen LogP contribution in [-0.4, -0.2) is 27.7 Å². The molecule has 0 aliphatic rings. The van der Waals surface area contributed by atoms with Crippen LogP contribution in [0.5, 0.6) is 5.75 Å². The van der Waals surface area contributed by atoms with Crippen molar-refractivity contribution in [3.8, 4) is 5.75 Å². The second-order valence-electron chi connectivity index (χ2n) is 4.22. The van der Waals surface area contributed by atoms with Crippen molar-refractivity contribution in [2.75, 3.05) is 18.5 Å². The largest absolute Gasteiger partial charge is 0.492 e. The fraction of sp³-hybridized carbons (Fsp3) is 0.143. The second-order valence-corrected chi connectivity index (χ2v) is 4.22. The molecule has 1 aromatic carbocycles. The van der Waals surface area contributed by atoms with Crippen LogP contribution >= 0.6 is 0 Å². The first-order valence-electron chi connectivity index (χ1n) is 6.35. The molecular formula is C14H15N5O. The van der Waals surface area contributed by atoms with E-state index in [1.165, 1.54) is 0 Å². The van der Waals surface area contributed by atoms with Crippen molar-refractivity contribution < 1.29 is 4.74 Å². The molecule has 0 aliphatic carbocycles. The molecule has 0 fully saturated rings. The summed E-state index contributed by atoms with van der Waals surface area (Å²) in [6.07, 6.45) is 5.26. The Hall–Kier alpha value is -2.60. The van der Waals surface area contributed by atoms with Gasteiger partial charge in [0.25, 0.3) is 0 Å². The third-order valence-electron chi connectivity index (χ3n) is 2.83. The van der Waals surface area contributed by atoms with Crippen LogP contribution in [0.3, 0.4) is 0 Å². The lowest BCUT2D eigenvalue weighted by Crippen LogP contribution is -2.10. The number of aromatic nitrogens is 3. The third kappa shape index (κ3) is 2.55. The first kappa shape index (κ1) is 12.4. The molecule has 0 saturated carbocycles. The summed E-state index contributed by atoms with van der Waals surface area (Å²) in [5.41, 5.74) is 7.26. The Kier molecular flexibility index (Phi) is 3.47. The number of ether oxygens (including phenoxy) is 1. The second kappa shape index (κ2) is 5.58. The predicted molar refractivity (Wildman–Crippen MR) is 77.3 cm³/mol. The molecule has 3 N–H and O–H groups in total. The minimum absolute atomic E-state index is 0.507. The third-order valence-corrected chi connectivity index (χ3v) is 2.83. The maximum Gasteiger partial charge on any atom is 0.156 e. The van der Waals surface area contributed by atoms with E-state index in [-0.39, 0.29) is 0 Å². The van der Waals surface area contributed by atoms with E-state index in [9.17, 15) is 0 Å². The summed E-state index contributed by atoms with van der Waals surface area (Å²) < 4.78 is 7.21. The lowest BCUT2D eigenvalue weighted by molar-refractivity contribution is 0.328. The van der Waals surface area contributed by atoms with E-state index >= 15 is 0 Å². The molecule has 2 heterocycles. The maximum atomic E-state index is 5.44. The summed E-state index contributed by atoms with van der Waals surface area (Å²) in [5.74, 6) is 1.57. The Balaban J connectivity index is 1.79. The quantitative estimate of drug-likeness (QED) is 0.738. The van der Waals surface area contributed by atoms with Gasteiger partial charge in [-0.25, -0.2) is 9.50 Å². The molecule has 6 nitrogen and oxygen atoms in total. The van der Waals surface area contributed by atoms with E-state index in [4.69, 9.17) is 10.5 Å². The molecule has 0 atom stereocenters. The topological polar surface area (TPSA) is 77.5 Å². The minimum Gasteiger partial charge on any atom is -0.492 e. The number of benzene rings is 1. The van der Waals surface area contributed by atoms with Crippen LogP contribution in [0.1, 0.15) is 0 Å². The Bertz CT molecular complexity index is 692. The van der Waals surface area contributed by atoms with Gasteiger partial charge in [0.05, 0.1) is 6.20 Å². The zero-order chi connectivity index (χ0) is 13.8. The lowest BCUT2D eigenvalue weighted by atomic mass is 10.3. The normalized spacial score (nSPS) is 10.7. The van der Waals surface area contributed by atoms with Crippen LogP contribution in [0.2, 0.25) is 0 Å². The van der Waals surface area contributed by atoms with Crippen molar-refractivity contribution in [1.29, 1.82) is 0 Å². The summed E-state index contributed by atoms with van der Waals surface area (Å²) in [5, 5.41) is 7.44. The SMILES string of the molecule is NCCOc1ccc(Nc2nccn3nccc23)cc1. The van der Waals surface area contributed by atoms with Crippen LogP contribution in [-0.2, 0) is 0 Å². The van der Waals surface area contributed by atoms with Crippen molar-refractivity contribution in [3.05, 3.63) is 48.9 Å². The first-order chi connectivity index (χ1) is 9.86. The van der Waals surface area contributed by atoms with Crippen molar-refractivity contribution >= 4 is 17.0 Å². The van der Waals surface area contributed by atoms with E-state index in [2.05, 4.69) is 15.4 Å². The van der Waals surface area contributed by atoms with Gasteiger partial charge in [-0.1, -0.05) is 0 Å². The molecule has 0 amide bonds. The highest BCUT2D eigenvalue weighted by Gasteiger charge is 2.03. The smallest absolute Gasteiger partial charge is 0.156 e. The highest BCUT2D eigenvalue weighted by molar-refractivity contribution is 5.72. The number of anilines is 2. The molecule has 0 radical (unpaired) electrons. The van der Waals surface area contributed by atoms with E-state index < -0.39 is 0 Å². The van der Waals surface area contributed by atoms with Crippen LogP contribution < -0.4 is 15.8 Å². The zero-order valence-electron chi connectivity index (χ0n) is 10.9. The van der Waals surface area contributed by atoms with Gasteiger partial charge in [0.1, 0.15) is 17.9 Å². The van der Waals surface area contributed by atoms with Gasteiger partial charge in [-0.05, 0) is 30.3 Å². The van der Waals surface area contributed by atoms with Gasteiger partial charge in [0.2, 0.25) is 0 Å². The fourth-order valence-corrected chi connectivity index (χ4v) is 1.90. The van der Waals surface area contributed by atoms with Crippen LogP contribution in [0.15, 0.2) is 48.9 Å². The van der Waals surface area contributed by atoms with Crippen molar-refractivity contribution in [2.24, 2.45) is 5.73 Å². The molecule has 2 aromatic heterocycles. The van der Waals surface area contributed by atoms with Gasteiger partial charge in [0.15, 0.2) is 5.82 Å². The Morgan fingerprint density at radius 2 is 2.00 bits per heavy atom. The Morgan fingerprint density at radius 3 is 2.80 bits per heavy atom. The van der Waals surface area contributed by atoms with Gasteiger partial charge in [-0.2, -0.15) is 5.10 Å². The number of nitrogens with zero attached hydrogens (tertiary/aromatic N) is 3. The molecule has 102 valence electrons. The number of hydrogen-bond acceptors (Lipinski definition) is 5. The number of hydrogen-bond donors (Lipinski definition) is 2. The highest BCUT2D eigenvalue weighted by Crippen LogP contribution is 2.21. The van der Waals surface area contributed by atoms with E-state index in [1.807, 2.05) is 36.5 Å². The van der Waals surface area contributed by atoms with Gasteiger partial charge in [-0.15, -0.1) is 0 Å². The van der Waals surface area contributed by atoms with Crippen LogP contribution in [0.4, 0.5) is 11.5 Å². The number of fused-ring (bicyclic) bond motifs is 1. The van der Waals surface area contributed by atoms with Crippen molar-refractivity contribution in [2.45, 2.75) is 0 Å². The van der Waals surface area contributed by atoms with E-state index in [0.29, 0.717) is 13.2 Å². The summed E-state index contributed by atoms with van der Waals surface area (Å²) in [4.78, 5) is 4.33. The number of nitrogens with two attached hydrogens (primary N) is 1. The summed E-state index contributed by atoms with van der Waals surface area (Å²) in [7, 11) is 0. The Labute approximate surface area is 116 Å². The zero-order valence-corrected chi connectivity index (χ0v) is 10.9. The molecule has 0 aliphatic heterocycles. The van der Waals surface area contributed by atoms with E-state index in [1.54, 1.807) is 16.9 Å². The van der Waals surface area contributed by atoms with Gasteiger partial charge in [-0.3, -0.25) is 0 Å². The average Bonchev–Trinajstić information content (AvgIpc) is 2.96. The van der Waals surface area contributed by atoms with Crippen molar-refractivity contribution in [1.82, 2.24) is 14.6 Å². The van der Waals surface area contributed by atoms with Gasteiger partial charge < -0.3 is 15.8 Å². The molecule has 20 heavy (non-hydrogen) atoms.